The van der Waals surface area contributed by atoms with Crippen molar-refractivity contribution in [3.8, 4) is 0 Å². The second kappa shape index (κ2) is 10.5. The molecule has 164 valence electrons. The molecule has 1 amide bonds. The first-order valence-electron chi connectivity index (χ1n) is 9.50. The first kappa shape index (κ1) is 25.5. The minimum Gasteiger partial charge on any atom is -0.443 e. The molecule has 0 aliphatic heterocycles. The highest BCUT2D eigenvalue weighted by Gasteiger charge is 2.26. The number of rotatable bonds is 6. The minimum atomic E-state index is -0.971. The number of benzene rings is 1. The average molecular weight is 438 g/mol. The molecule has 1 unspecified atom stereocenters. The van der Waals surface area contributed by atoms with E-state index in [9.17, 15) is 14.0 Å². The zero-order valence-electron chi connectivity index (χ0n) is 17.9. The summed E-state index contributed by atoms with van der Waals surface area (Å²) < 4.78 is 18.6. The Kier molecular flexibility index (Phi) is 8.93. The lowest BCUT2D eigenvalue weighted by atomic mass is 9.99. The number of anilines is 1. The van der Waals surface area contributed by atoms with Gasteiger partial charge in [0.1, 0.15) is 17.2 Å². The van der Waals surface area contributed by atoms with Crippen molar-refractivity contribution < 1.29 is 18.7 Å². The lowest BCUT2D eigenvalue weighted by Crippen LogP contribution is -2.39. The number of aromatic nitrogens is 1. The zero-order chi connectivity index (χ0) is 21.8. The maximum absolute atomic E-state index is 13.1. The number of carbonyl (C=O) groups is 2. The Balaban J connectivity index is 0.00000450. The van der Waals surface area contributed by atoms with Crippen molar-refractivity contribution in [1.29, 1.82) is 0 Å². The van der Waals surface area contributed by atoms with Crippen molar-refractivity contribution in [3.05, 3.63) is 59.5 Å². The number of nitrogens with two attached hydrogens (primary N) is 1. The number of Topliss-reactive ketones (excluding diaryl/α,β-unsaturated/α-hetero) is 1. The molecule has 0 fully saturated rings. The monoisotopic (exact) mass is 437 g/mol. The number of hydrogen-bond acceptors (Lipinski definition) is 5. The van der Waals surface area contributed by atoms with Gasteiger partial charge in [-0.15, -0.1) is 12.4 Å². The Labute approximate surface area is 183 Å². The molecule has 0 spiro atoms. The summed E-state index contributed by atoms with van der Waals surface area (Å²) >= 11 is 0. The number of ether oxygens (including phenoxy) is 1. The van der Waals surface area contributed by atoms with Gasteiger partial charge in [-0.3, -0.25) is 9.69 Å². The molecule has 0 aliphatic carbocycles. The van der Waals surface area contributed by atoms with Crippen LogP contribution in [-0.2, 0) is 4.74 Å². The number of carbonyl (C=O) groups excluding carboxylic acids is 2. The molecule has 6 nitrogen and oxygen atoms in total. The van der Waals surface area contributed by atoms with Gasteiger partial charge in [0.15, 0.2) is 5.78 Å². The standard InChI is InChI=1S/C22H28FN3O3.ClH/c1-14(2)13-26(21(28)29-22(3,4)5)18-12-16(10-11-25-18)19(24)20(27)15-6-8-17(23)9-7-15;/h6-12,14,19H,13,24H2,1-5H3;1H. The molecule has 1 aromatic carbocycles. The maximum Gasteiger partial charge on any atom is 0.416 e. The summed E-state index contributed by atoms with van der Waals surface area (Å²) in [5.74, 6) is -0.256. The molecule has 2 N–H and O–H groups in total. The lowest BCUT2D eigenvalue weighted by molar-refractivity contribution is 0.0575. The summed E-state index contributed by atoms with van der Waals surface area (Å²) in [4.78, 5) is 31.1. The van der Waals surface area contributed by atoms with Crippen LogP contribution in [0.2, 0.25) is 0 Å². The summed E-state index contributed by atoms with van der Waals surface area (Å²) in [6.07, 6.45) is 0.981. The van der Waals surface area contributed by atoms with Gasteiger partial charge in [0.05, 0.1) is 6.04 Å². The summed E-state index contributed by atoms with van der Waals surface area (Å²) in [5.41, 5.74) is 6.31. The molecule has 30 heavy (non-hydrogen) atoms. The Hall–Kier alpha value is -2.51. The summed E-state index contributed by atoms with van der Waals surface area (Å²) in [6.45, 7) is 9.72. The molecule has 0 saturated carbocycles. The van der Waals surface area contributed by atoms with Gasteiger partial charge < -0.3 is 10.5 Å². The molecular formula is C22H29ClFN3O3. The van der Waals surface area contributed by atoms with Crippen molar-refractivity contribution in [1.82, 2.24) is 4.98 Å². The minimum absolute atomic E-state index is 0. The predicted octanol–water partition coefficient (Wildman–Crippen LogP) is 4.92. The molecule has 1 atom stereocenters. The third-order valence-corrected chi connectivity index (χ3v) is 3.98. The van der Waals surface area contributed by atoms with E-state index in [1.54, 1.807) is 32.9 Å². The molecule has 2 aromatic rings. The van der Waals surface area contributed by atoms with E-state index in [1.807, 2.05) is 13.8 Å². The molecule has 8 heteroatoms. The number of amides is 1. The third kappa shape index (κ3) is 7.07. The molecule has 0 radical (unpaired) electrons. The second-order valence-electron chi connectivity index (χ2n) is 8.28. The highest BCUT2D eigenvalue weighted by atomic mass is 35.5. The van der Waals surface area contributed by atoms with Gasteiger partial charge in [0.2, 0.25) is 0 Å². The van der Waals surface area contributed by atoms with E-state index in [2.05, 4.69) is 4.98 Å². The quantitative estimate of drug-likeness (QED) is 0.648. The predicted molar refractivity (Wildman–Crippen MR) is 118 cm³/mol. The van der Waals surface area contributed by atoms with E-state index in [4.69, 9.17) is 10.5 Å². The fraction of sp³-hybridized carbons (Fsp3) is 0.409. The van der Waals surface area contributed by atoms with Gasteiger partial charge in [0.25, 0.3) is 0 Å². The van der Waals surface area contributed by atoms with Crippen LogP contribution in [0.25, 0.3) is 0 Å². The van der Waals surface area contributed by atoms with Crippen molar-refractivity contribution in [2.75, 3.05) is 11.4 Å². The van der Waals surface area contributed by atoms with Crippen LogP contribution in [0.3, 0.4) is 0 Å². The smallest absolute Gasteiger partial charge is 0.416 e. The average Bonchev–Trinajstić information content (AvgIpc) is 2.64. The maximum atomic E-state index is 13.1. The van der Waals surface area contributed by atoms with Crippen molar-refractivity contribution in [3.63, 3.8) is 0 Å². The fourth-order valence-electron chi connectivity index (χ4n) is 2.66. The van der Waals surface area contributed by atoms with Crippen LogP contribution in [0, 0.1) is 11.7 Å². The number of pyridine rings is 1. The summed E-state index contributed by atoms with van der Waals surface area (Å²) in [6, 6.07) is 7.48. The molecule has 2 rings (SSSR count). The molecule has 0 bridgehead atoms. The normalized spacial score (nSPS) is 12.1. The van der Waals surface area contributed by atoms with E-state index >= 15 is 0 Å². The molecule has 1 heterocycles. The van der Waals surface area contributed by atoms with E-state index in [1.165, 1.54) is 35.4 Å². The Morgan fingerprint density at radius 1 is 1.17 bits per heavy atom. The van der Waals surface area contributed by atoms with Crippen LogP contribution >= 0.6 is 12.4 Å². The van der Waals surface area contributed by atoms with Crippen LogP contribution in [0.4, 0.5) is 15.0 Å². The van der Waals surface area contributed by atoms with E-state index in [0.29, 0.717) is 23.5 Å². The van der Waals surface area contributed by atoms with Crippen LogP contribution in [0.1, 0.15) is 56.6 Å². The first-order chi connectivity index (χ1) is 13.5. The van der Waals surface area contributed by atoms with E-state index < -0.39 is 23.6 Å². The topological polar surface area (TPSA) is 85.5 Å². The van der Waals surface area contributed by atoms with Gasteiger partial charge in [0, 0.05) is 18.3 Å². The highest BCUT2D eigenvalue weighted by Crippen LogP contribution is 2.23. The SMILES string of the molecule is CC(C)CN(C(=O)OC(C)(C)C)c1cc(C(N)C(=O)c2ccc(F)cc2)ccn1.Cl. The van der Waals surface area contributed by atoms with Gasteiger partial charge in [-0.1, -0.05) is 13.8 Å². The number of ketones is 1. The number of hydrogen-bond donors (Lipinski definition) is 1. The van der Waals surface area contributed by atoms with Crippen LogP contribution in [-0.4, -0.2) is 29.0 Å². The second-order valence-corrected chi connectivity index (χ2v) is 8.28. The Morgan fingerprint density at radius 2 is 1.77 bits per heavy atom. The molecular weight excluding hydrogens is 409 g/mol. The fourth-order valence-corrected chi connectivity index (χ4v) is 2.66. The van der Waals surface area contributed by atoms with Crippen molar-refractivity contribution >= 4 is 30.1 Å². The van der Waals surface area contributed by atoms with Gasteiger partial charge in [-0.05, 0) is 68.7 Å². The number of nitrogens with zero attached hydrogens (tertiary/aromatic N) is 2. The Bertz CT molecular complexity index is 867. The van der Waals surface area contributed by atoms with Crippen LogP contribution < -0.4 is 10.6 Å². The molecule has 0 saturated heterocycles. The summed E-state index contributed by atoms with van der Waals surface area (Å²) in [7, 11) is 0. The van der Waals surface area contributed by atoms with Crippen molar-refractivity contribution in [2.24, 2.45) is 11.7 Å². The number of halogens is 2. The van der Waals surface area contributed by atoms with Gasteiger partial charge >= 0.3 is 6.09 Å². The van der Waals surface area contributed by atoms with E-state index in [-0.39, 0.29) is 24.1 Å². The Morgan fingerprint density at radius 3 is 2.30 bits per heavy atom. The van der Waals surface area contributed by atoms with Gasteiger partial charge in [-0.25, -0.2) is 14.2 Å². The first-order valence-corrected chi connectivity index (χ1v) is 9.50. The largest absolute Gasteiger partial charge is 0.443 e. The van der Waals surface area contributed by atoms with E-state index in [0.717, 1.165) is 0 Å². The third-order valence-electron chi connectivity index (χ3n) is 3.98. The molecule has 1 aromatic heterocycles. The lowest BCUT2D eigenvalue weighted by Gasteiger charge is -2.28. The van der Waals surface area contributed by atoms with Crippen LogP contribution in [0.15, 0.2) is 42.6 Å². The van der Waals surface area contributed by atoms with Crippen LogP contribution in [0.5, 0.6) is 0 Å². The van der Waals surface area contributed by atoms with Gasteiger partial charge in [-0.2, -0.15) is 0 Å². The van der Waals surface area contributed by atoms with Crippen molar-refractivity contribution in [2.45, 2.75) is 46.3 Å². The molecule has 0 aliphatic rings. The summed E-state index contributed by atoms with van der Waals surface area (Å²) in [5, 5.41) is 0. The highest BCUT2D eigenvalue weighted by molar-refractivity contribution is 6.00. The zero-order valence-corrected chi connectivity index (χ0v) is 18.7.